The number of rotatable bonds is 1. The molecule has 2 N–H and O–H groups in total. The van der Waals surface area contributed by atoms with Crippen LogP contribution in [-0.4, -0.2) is 47.3 Å². The van der Waals surface area contributed by atoms with Crippen LogP contribution in [0.3, 0.4) is 0 Å². The average molecular weight is 394 g/mol. The van der Waals surface area contributed by atoms with Gasteiger partial charge in [0.2, 0.25) is 0 Å². The van der Waals surface area contributed by atoms with Crippen molar-refractivity contribution in [2.45, 2.75) is 38.1 Å². The lowest BCUT2D eigenvalue weighted by atomic mass is 9.99. The number of allylic oxidation sites excluding steroid dienone is 3. The minimum Gasteiger partial charge on any atom is -0.507 e. The minimum atomic E-state index is -0.734. The lowest BCUT2D eigenvalue weighted by Crippen LogP contribution is -2.19. The Kier molecular flexibility index (Phi) is 5.72. The molecular weight excluding hydrogens is 374 g/mol. The number of benzene rings is 1. The summed E-state index contributed by atoms with van der Waals surface area (Å²) in [6, 6.07) is 1.02. The van der Waals surface area contributed by atoms with Gasteiger partial charge in [-0.2, -0.15) is 0 Å². The van der Waals surface area contributed by atoms with E-state index >= 15 is 0 Å². The number of aromatic hydroxyl groups is 2. The van der Waals surface area contributed by atoms with E-state index in [4.69, 9.17) is 25.9 Å². The van der Waals surface area contributed by atoms with Crippen molar-refractivity contribution < 1.29 is 29.3 Å². The van der Waals surface area contributed by atoms with Crippen LogP contribution in [0.25, 0.3) is 0 Å². The first-order valence-corrected chi connectivity index (χ1v) is 8.83. The molecule has 0 aromatic heterocycles. The summed E-state index contributed by atoms with van der Waals surface area (Å²) in [6.07, 6.45) is 7.29. The monoisotopic (exact) mass is 393 g/mol. The van der Waals surface area contributed by atoms with E-state index < -0.39 is 17.8 Å². The molecule has 27 heavy (non-hydrogen) atoms. The molecule has 0 amide bonds. The third kappa shape index (κ3) is 4.43. The van der Waals surface area contributed by atoms with Gasteiger partial charge in [-0.1, -0.05) is 35.0 Å². The topological polar surface area (TPSA) is 101 Å². The molecule has 1 aromatic rings. The van der Waals surface area contributed by atoms with E-state index in [2.05, 4.69) is 5.16 Å². The summed E-state index contributed by atoms with van der Waals surface area (Å²) >= 11 is 6.21. The summed E-state index contributed by atoms with van der Waals surface area (Å²) in [5.74, 6) is -1.50. The summed E-state index contributed by atoms with van der Waals surface area (Å²) in [5, 5.41) is 24.1. The SMILES string of the molecule is CO\N=C1/C=C/C=C/[C@H]2O[C@H]2C[C@@H](C)OC(=O)c2c(O)cc(O)c(Cl)c2C1. The van der Waals surface area contributed by atoms with Gasteiger partial charge in [-0.3, -0.25) is 0 Å². The van der Waals surface area contributed by atoms with Gasteiger partial charge in [0.25, 0.3) is 0 Å². The van der Waals surface area contributed by atoms with Crippen molar-refractivity contribution in [3.63, 3.8) is 0 Å². The van der Waals surface area contributed by atoms with E-state index in [9.17, 15) is 15.0 Å². The molecule has 1 fully saturated rings. The number of hydrogen-bond donors (Lipinski definition) is 2. The van der Waals surface area contributed by atoms with Crippen LogP contribution in [0.15, 0.2) is 35.5 Å². The van der Waals surface area contributed by atoms with E-state index in [1.807, 2.05) is 12.2 Å². The van der Waals surface area contributed by atoms with E-state index in [0.717, 1.165) is 6.07 Å². The number of esters is 1. The molecule has 144 valence electrons. The van der Waals surface area contributed by atoms with Crippen LogP contribution in [0, 0.1) is 0 Å². The quantitative estimate of drug-likeness (QED) is 0.432. The van der Waals surface area contributed by atoms with Crippen molar-refractivity contribution in [2.24, 2.45) is 5.16 Å². The van der Waals surface area contributed by atoms with Gasteiger partial charge in [-0.15, -0.1) is 0 Å². The number of phenolic OH excluding ortho intramolecular Hbond substituents is 2. The van der Waals surface area contributed by atoms with Gasteiger partial charge in [0.1, 0.15) is 36.4 Å². The zero-order valence-corrected chi connectivity index (χ0v) is 15.6. The van der Waals surface area contributed by atoms with Crippen molar-refractivity contribution in [1.29, 1.82) is 0 Å². The molecule has 0 unspecified atom stereocenters. The smallest absolute Gasteiger partial charge is 0.342 e. The van der Waals surface area contributed by atoms with Gasteiger partial charge in [0.15, 0.2) is 0 Å². The molecule has 7 nitrogen and oxygen atoms in total. The Labute approximate surface area is 161 Å². The van der Waals surface area contributed by atoms with E-state index in [1.54, 1.807) is 19.1 Å². The predicted octanol–water partition coefficient (Wildman–Crippen LogP) is 3.12. The standard InChI is InChI=1S/C19H20ClNO6/c1-10-7-16-15(27-16)6-4-3-5-11(21-25-2)8-12-17(19(24)26-10)13(22)9-14(23)18(12)20/h3-6,9-10,15-16,22-23H,7-8H2,1-2H3/b5-3+,6-4+,21-11+/t10-,15-,16+/m1/s1. The van der Waals surface area contributed by atoms with Gasteiger partial charge in [0, 0.05) is 18.9 Å². The minimum absolute atomic E-state index is 0.0198. The number of fused-ring (bicyclic) bond motifs is 2. The summed E-state index contributed by atoms with van der Waals surface area (Å²) in [4.78, 5) is 17.5. The number of carbonyl (C=O) groups is 1. The molecule has 0 spiro atoms. The van der Waals surface area contributed by atoms with E-state index in [-0.39, 0.29) is 40.5 Å². The number of hydrogen-bond acceptors (Lipinski definition) is 7. The maximum atomic E-state index is 12.7. The third-order valence-electron chi connectivity index (χ3n) is 4.29. The lowest BCUT2D eigenvalue weighted by molar-refractivity contribution is 0.0306. The number of halogens is 1. The molecule has 0 bridgehead atoms. The van der Waals surface area contributed by atoms with Crippen molar-refractivity contribution in [1.82, 2.24) is 0 Å². The first kappa shape index (κ1) is 19.3. The van der Waals surface area contributed by atoms with Crippen molar-refractivity contribution in [2.75, 3.05) is 7.11 Å². The number of epoxide rings is 1. The third-order valence-corrected chi connectivity index (χ3v) is 4.71. The second-order valence-electron chi connectivity index (χ2n) is 6.36. The molecule has 1 saturated heterocycles. The first-order valence-electron chi connectivity index (χ1n) is 8.45. The fourth-order valence-electron chi connectivity index (χ4n) is 2.97. The molecular formula is C19H20ClNO6. The van der Waals surface area contributed by atoms with Gasteiger partial charge < -0.3 is 24.5 Å². The number of ether oxygens (including phenoxy) is 2. The van der Waals surface area contributed by atoms with Crippen LogP contribution >= 0.6 is 11.6 Å². The van der Waals surface area contributed by atoms with Crippen LogP contribution < -0.4 is 0 Å². The maximum absolute atomic E-state index is 12.7. The lowest BCUT2D eigenvalue weighted by Gasteiger charge is -2.17. The van der Waals surface area contributed by atoms with Crippen LogP contribution in [0.4, 0.5) is 0 Å². The zero-order valence-electron chi connectivity index (χ0n) is 14.9. The predicted molar refractivity (Wildman–Crippen MR) is 99.4 cm³/mol. The maximum Gasteiger partial charge on any atom is 0.342 e. The molecule has 2 aliphatic heterocycles. The van der Waals surface area contributed by atoms with Gasteiger partial charge in [-0.05, 0) is 18.6 Å². The van der Waals surface area contributed by atoms with Crippen molar-refractivity contribution in [3.8, 4) is 11.5 Å². The summed E-state index contributed by atoms with van der Waals surface area (Å²) in [6.45, 7) is 1.75. The number of nitrogens with zero attached hydrogens (tertiary/aromatic N) is 1. The fourth-order valence-corrected chi connectivity index (χ4v) is 3.19. The normalized spacial score (nSPS) is 29.1. The van der Waals surface area contributed by atoms with Crippen LogP contribution in [-0.2, 0) is 20.7 Å². The Bertz CT molecular complexity index is 832. The molecule has 8 heteroatoms. The van der Waals surface area contributed by atoms with Gasteiger partial charge in [0.05, 0.1) is 16.8 Å². The Morgan fingerprint density at radius 3 is 2.81 bits per heavy atom. The number of oxime groups is 1. The number of cyclic esters (lactones) is 1. The Morgan fingerprint density at radius 2 is 2.07 bits per heavy atom. The molecule has 3 atom stereocenters. The number of carbonyl (C=O) groups excluding carboxylic acids is 1. The highest BCUT2D eigenvalue weighted by Crippen LogP contribution is 2.38. The second kappa shape index (κ2) is 8.02. The van der Waals surface area contributed by atoms with E-state index in [1.165, 1.54) is 7.11 Å². The van der Waals surface area contributed by atoms with Crippen LogP contribution in [0.5, 0.6) is 11.5 Å². The second-order valence-corrected chi connectivity index (χ2v) is 6.74. The largest absolute Gasteiger partial charge is 0.507 e. The van der Waals surface area contributed by atoms with Crippen LogP contribution in [0.2, 0.25) is 5.02 Å². The Balaban J connectivity index is 2.06. The first-order chi connectivity index (χ1) is 12.9. The van der Waals surface area contributed by atoms with Crippen molar-refractivity contribution >= 4 is 23.3 Å². The van der Waals surface area contributed by atoms with Gasteiger partial charge in [-0.25, -0.2) is 4.79 Å². The van der Waals surface area contributed by atoms with E-state index in [0.29, 0.717) is 12.1 Å². The van der Waals surface area contributed by atoms with Crippen LogP contribution in [0.1, 0.15) is 29.3 Å². The Morgan fingerprint density at radius 1 is 1.30 bits per heavy atom. The molecule has 2 aliphatic rings. The highest BCUT2D eigenvalue weighted by molar-refractivity contribution is 6.33. The molecule has 1 aromatic carbocycles. The fraction of sp³-hybridized carbons (Fsp3) is 0.368. The van der Waals surface area contributed by atoms with Gasteiger partial charge >= 0.3 is 5.97 Å². The summed E-state index contributed by atoms with van der Waals surface area (Å²) in [5.41, 5.74) is 0.526. The molecule has 0 saturated carbocycles. The highest BCUT2D eigenvalue weighted by atomic mass is 35.5. The summed E-state index contributed by atoms with van der Waals surface area (Å²) < 4.78 is 11.0. The molecule has 0 radical (unpaired) electrons. The highest BCUT2D eigenvalue weighted by Gasteiger charge is 2.38. The van der Waals surface area contributed by atoms with Crippen molar-refractivity contribution in [3.05, 3.63) is 46.5 Å². The molecule has 2 heterocycles. The number of phenols is 2. The zero-order chi connectivity index (χ0) is 19.6. The Hall–Kier alpha value is -2.51. The average Bonchev–Trinajstić information content (AvgIpc) is 3.32. The molecule has 3 rings (SSSR count). The summed E-state index contributed by atoms with van der Waals surface area (Å²) in [7, 11) is 1.39. The molecule has 0 aliphatic carbocycles.